The van der Waals surface area contributed by atoms with Gasteiger partial charge < -0.3 is 33.2 Å². The van der Waals surface area contributed by atoms with Crippen LogP contribution in [0, 0.1) is 6.57 Å². The van der Waals surface area contributed by atoms with Crippen molar-refractivity contribution >= 4 is 58.7 Å². The Morgan fingerprint density at radius 1 is 0.803 bits per heavy atom. The van der Waals surface area contributed by atoms with Gasteiger partial charge in [0.15, 0.2) is 5.71 Å². The molecule has 2 aromatic carbocycles. The molecular weight excluding hydrogens is 985 g/mol. The summed E-state index contributed by atoms with van der Waals surface area (Å²) in [6.07, 6.45) is 12.5. The van der Waals surface area contributed by atoms with E-state index in [1.807, 2.05) is 43.5 Å². The second-order valence-electron chi connectivity index (χ2n) is 19.8. The monoisotopic (exact) mass is 1070 g/mol. The van der Waals surface area contributed by atoms with E-state index in [2.05, 4.69) is 104 Å². The van der Waals surface area contributed by atoms with Crippen molar-refractivity contribution in [2.45, 2.75) is 143 Å². The molecule has 2 aliphatic heterocycles. The molecule has 0 amide bonds. The molecule has 0 fully saturated rings. The highest BCUT2D eigenvalue weighted by Crippen LogP contribution is 2.53. The summed E-state index contributed by atoms with van der Waals surface area (Å²) in [5, 5.41) is 3.61. The molecule has 2 heterocycles. The van der Waals surface area contributed by atoms with Gasteiger partial charge in [0, 0.05) is 59.6 Å². The van der Waals surface area contributed by atoms with Crippen LogP contribution in [0.4, 0.5) is 11.4 Å². The molecule has 0 aromatic heterocycles. The van der Waals surface area contributed by atoms with Crippen molar-refractivity contribution in [3.63, 3.8) is 0 Å². The number of anilines is 1. The van der Waals surface area contributed by atoms with Crippen LogP contribution in [0.15, 0.2) is 66.4 Å². The number of fused-ring (bicyclic) bond motifs is 2. The zero-order valence-electron chi connectivity index (χ0n) is 43.6. The van der Waals surface area contributed by atoms with E-state index in [4.69, 9.17) is 24.7 Å². The average Bonchev–Trinajstić information content (AvgIpc) is 3.64. The Bertz CT molecular complexity index is 2450. The van der Waals surface area contributed by atoms with Crippen molar-refractivity contribution in [2.75, 3.05) is 76.1 Å². The summed E-state index contributed by atoms with van der Waals surface area (Å²) >= 11 is 0. The molecule has 2 atom stereocenters. The van der Waals surface area contributed by atoms with Gasteiger partial charge in [0.2, 0.25) is 12.2 Å². The number of unbranched alkanes of at least 4 members (excludes halogenated alkanes) is 6. The summed E-state index contributed by atoms with van der Waals surface area (Å²) in [5.41, 5.74) is 4.98. The van der Waals surface area contributed by atoms with Crippen molar-refractivity contribution in [1.82, 2.24) is 9.99 Å². The quantitative estimate of drug-likeness (QED) is 0.0197. The van der Waals surface area contributed by atoms with Gasteiger partial charge in [-0.2, -0.15) is 21.4 Å². The van der Waals surface area contributed by atoms with Crippen molar-refractivity contribution in [2.24, 2.45) is 0 Å². The Hall–Kier alpha value is -2.88. The third-order valence-corrected chi connectivity index (χ3v) is 18.5. The molecule has 0 saturated heterocycles. The lowest BCUT2D eigenvalue weighted by atomic mass is 9.81. The maximum Gasteiger partial charge on any atom is 0.361 e. The second-order valence-corrected chi connectivity index (χ2v) is 26.4. The molecule has 0 spiro atoms. The lowest BCUT2D eigenvalue weighted by molar-refractivity contribution is -0.438. The number of nitrogens with one attached hydrogen (secondary N) is 1. The first-order valence-electron chi connectivity index (χ1n) is 25.2. The van der Waals surface area contributed by atoms with E-state index in [0.29, 0.717) is 70.3 Å². The molecular formula is C51H82N5O11P2S2+. The summed E-state index contributed by atoms with van der Waals surface area (Å²) in [6.45, 7) is 27.6. The van der Waals surface area contributed by atoms with Gasteiger partial charge in [0.05, 0.1) is 42.0 Å². The fraction of sp³-hybridized carbons (Fsp3) is 0.647. The Morgan fingerprint density at radius 2 is 1.41 bits per heavy atom. The van der Waals surface area contributed by atoms with E-state index in [1.54, 1.807) is 0 Å². The Labute approximate surface area is 427 Å². The molecule has 0 bridgehead atoms. The van der Waals surface area contributed by atoms with E-state index in [-0.39, 0.29) is 48.6 Å². The first-order valence-corrected chi connectivity index (χ1v) is 31.0. The smallest absolute Gasteiger partial charge is 0.344 e. The van der Waals surface area contributed by atoms with Gasteiger partial charge >= 0.3 is 7.60 Å². The Balaban J connectivity index is 1.59. The van der Waals surface area contributed by atoms with Gasteiger partial charge in [0.25, 0.3) is 28.8 Å². The minimum atomic E-state index is -4.14. The van der Waals surface area contributed by atoms with Crippen LogP contribution in [0.5, 0.6) is 0 Å². The maximum atomic E-state index is 15.0. The van der Waals surface area contributed by atoms with E-state index >= 15 is 0 Å². The lowest BCUT2D eigenvalue weighted by Gasteiger charge is -2.35. The zero-order valence-corrected chi connectivity index (χ0v) is 47.1. The number of hydrogen-bond donors (Lipinski definition) is 3. The molecule has 2 unspecified atom stereocenters. The molecule has 3 N–H and O–H groups in total. The predicted molar refractivity (Wildman–Crippen MR) is 288 cm³/mol. The van der Waals surface area contributed by atoms with Gasteiger partial charge in [-0.25, -0.2) is 11.2 Å². The summed E-state index contributed by atoms with van der Waals surface area (Å²) < 4.78 is 109. The normalized spacial score (nSPS) is 17.5. The minimum Gasteiger partial charge on any atom is -0.344 e. The number of para-hydroxylation sites is 1. The van der Waals surface area contributed by atoms with Gasteiger partial charge in [0.1, 0.15) is 13.2 Å². The highest BCUT2D eigenvalue weighted by Gasteiger charge is 2.45. The van der Waals surface area contributed by atoms with E-state index < -0.39 is 41.8 Å². The molecule has 4 rings (SSSR count). The highest BCUT2D eigenvalue weighted by atomic mass is 32.2. The summed E-state index contributed by atoms with van der Waals surface area (Å²) in [4.78, 5) is 5.59. The van der Waals surface area contributed by atoms with Crippen LogP contribution < -0.4 is 15.5 Å². The predicted octanol–water partition coefficient (Wildman–Crippen LogP) is 10.3. The van der Waals surface area contributed by atoms with Crippen LogP contribution in [0.2, 0.25) is 0 Å². The molecule has 16 nitrogen and oxygen atoms in total. The third-order valence-electron chi connectivity index (χ3n) is 12.8. The van der Waals surface area contributed by atoms with Crippen LogP contribution in [0.25, 0.3) is 4.85 Å². The fourth-order valence-electron chi connectivity index (χ4n) is 9.26. The number of benzene rings is 2. The average molecular weight is 1070 g/mol. The van der Waals surface area contributed by atoms with Gasteiger partial charge in [-0.3, -0.25) is 13.7 Å². The molecule has 0 saturated carbocycles. The molecule has 398 valence electrons. The number of hydrogen-bond acceptors (Lipinski definition) is 12. The highest BCUT2D eigenvalue weighted by molar-refractivity contribution is 7.86. The number of rotatable bonds is 34. The lowest BCUT2D eigenvalue weighted by Crippen LogP contribution is -2.33. The van der Waals surface area contributed by atoms with Crippen LogP contribution in [-0.2, 0) is 53.7 Å². The first-order chi connectivity index (χ1) is 33.5. The molecule has 20 heteroatoms. The first kappa shape index (κ1) is 60.7. The third kappa shape index (κ3) is 17.9. The summed E-state index contributed by atoms with van der Waals surface area (Å²) in [7, 11) is -11.4. The van der Waals surface area contributed by atoms with Crippen LogP contribution >= 0.6 is 16.1 Å². The molecule has 0 radical (unpaired) electrons. The molecule has 0 aliphatic carbocycles. The van der Waals surface area contributed by atoms with Gasteiger partial charge in [-0.05, 0) is 130 Å². The largest absolute Gasteiger partial charge is 0.361 e. The number of nitrogens with zero attached hydrogens (tertiary/aromatic N) is 4. The number of allylic oxidation sites excluding steroid dienone is 4. The van der Waals surface area contributed by atoms with E-state index in [1.165, 1.54) is 0 Å². The molecule has 71 heavy (non-hydrogen) atoms. The Morgan fingerprint density at radius 3 is 2.03 bits per heavy atom. The minimum absolute atomic E-state index is 0.225. The summed E-state index contributed by atoms with van der Waals surface area (Å²) in [6, 6.07) is 14.3. The standard InChI is InChI=1S/C51H81N5O11P2S2/c1-41(2)56(42(3)4)68(65-37-31-53-10)64-34-18-11-12-19-35-66-69(57,67-36-20-15-30-52-9)43-28-29-47-45(40-43)51(7,8)49(55(47)33-17-22-39-71(61,62)63)27-23-26-48-50(5,6)44-24-13-14-25-46(44)54(48)32-16-21-38-70(58,59)60/h13-14,23-29,40-42,52H,11-12,15-22,30-39H2,1-9H3,(H-,58,59,60,61,62,63)/p+1. The molecule has 2 aromatic rings. The SMILES string of the molecule is [C-]#[N+]CCOP(OCCCCCCOP(=O)(OCCCCNC)c1ccc2c(c1)C(C)(C)C(=CC=CC1=[N+](CCCCS(=O)(=O)O)c3ccccc3C1(C)C)N2CCCCS(=O)(=O)O)N(C(C)C)C(C)C. The Kier molecular flexibility index (Phi) is 24.0. The van der Waals surface area contributed by atoms with Crippen molar-refractivity contribution in [1.29, 1.82) is 0 Å². The van der Waals surface area contributed by atoms with Crippen LogP contribution in [0.3, 0.4) is 0 Å². The van der Waals surface area contributed by atoms with Crippen molar-refractivity contribution in [3.05, 3.63) is 88.9 Å². The van der Waals surface area contributed by atoms with Gasteiger partial charge in [-0.15, -0.1) is 0 Å². The van der Waals surface area contributed by atoms with Crippen LogP contribution in [0.1, 0.15) is 131 Å². The fourth-order valence-corrected chi connectivity index (χ4v) is 13.7. The van der Waals surface area contributed by atoms with E-state index in [9.17, 15) is 30.5 Å². The van der Waals surface area contributed by atoms with Crippen molar-refractivity contribution in [3.8, 4) is 0 Å². The summed E-state index contributed by atoms with van der Waals surface area (Å²) in [5.74, 6) is -0.650. The van der Waals surface area contributed by atoms with Gasteiger partial charge in [-0.1, -0.05) is 51.0 Å². The maximum absolute atomic E-state index is 15.0. The van der Waals surface area contributed by atoms with Crippen LogP contribution in [-0.4, -0.2) is 124 Å². The molecule has 2 aliphatic rings. The zero-order chi connectivity index (χ0) is 52.5. The second kappa shape index (κ2) is 28.1. The van der Waals surface area contributed by atoms with E-state index in [0.717, 1.165) is 66.1 Å². The van der Waals surface area contributed by atoms with Crippen molar-refractivity contribution < 1.29 is 53.2 Å². The topological polar surface area (TPSA) is 189 Å².